The zero-order valence-corrected chi connectivity index (χ0v) is 9.78. The van der Waals surface area contributed by atoms with Gasteiger partial charge < -0.3 is 10.3 Å². The van der Waals surface area contributed by atoms with Crippen molar-refractivity contribution in [3.63, 3.8) is 0 Å². The molecule has 0 spiro atoms. The minimum atomic E-state index is 0.739. The van der Waals surface area contributed by atoms with Crippen molar-refractivity contribution in [3.05, 3.63) is 0 Å². The highest BCUT2D eigenvalue weighted by Crippen LogP contribution is 2.26. The van der Waals surface area contributed by atoms with Crippen molar-refractivity contribution in [3.8, 4) is 0 Å². The summed E-state index contributed by atoms with van der Waals surface area (Å²) in [5.74, 6) is 0.739. The fourth-order valence-corrected chi connectivity index (χ4v) is 2.93. The molecular weight excluding hydrogens is 186 g/mol. The van der Waals surface area contributed by atoms with Gasteiger partial charge in [-0.25, -0.2) is 0 Å². The molecule has 3 nitrogen and oxygen atoms in total. The first-order chi connectivity index (χ1) is 7.40. The number of hydrogen-bond acceptors (Lipinski definition) is 3. The first-order valence-corrected chi connectivity index (χ1v) is 6.27. The molecule has 1 unspecified atom stereocenters. The SMILES string of the molecule is CN=CC1CCC[C@@H](N2CCNCC2)C1. The fraction of sp³-hybridized carbons (Fsp3) is 0.917. The molecule has 0 amide bonds. The Hall–Kier alpha value is -0.410. The van der Waals surface area contributed by atoms with E-state index in [2.05, 4.69) is 21.4 Å². The Bertz CT molecular complexity index is 209. The van der Waals surface area contributed by atoms with E-state index in [1.807, 2.05) is 7.05 Å². The van der Waals surface area contributed by atoms with Crippen molar-refractivity contribution in [2.75, 3.05) is 33.2 Å². The second-order valence-corrected chi connectivity index (χ2v) is 4.77. The predicted molar refractivity (Wildman–Crippen MR) is 64.6 cm³/mol. The van der Waals surface area contributed by atoms with Crippen LogP contribution in [0.15, 0.2) is 4.99 Å². The minimum Gasteiger partial charge on any atom is -0.314 e. The maximum absolute atomic E-state index is 4.18. The van der Waals surface area contributed by atoms with Gasteiger partial charge in [0.25, 0.3) is 0 Å². The maximum atomic E-state index is 4.18. The molecule has 0 bridgehead atoms. The van der Waals surface area contributed by atoms with Gasteiger partial charge in [0.1, 0.15) is 0 Å². The van der Waals surface area contributed by atoms with Gasteiger partial charge in [-0.2, -0.15) is 0 Å². The molecule has 0 aromatic rings. The summed E-state index contributed by atoms with van der Waals surface area (Å²) in [6.07, 6.45) is 7.62. The van der Waals surface area contributed by atoms with E-state index in [0.29, 0.717) is 0 Å². The van der Waals surface area contributed by atoms with E-state index in [-0.39, 0.29) is 0 Å². The largest absolute Gasteiger partial charge is 0.314 e. The molecule has 1 aliphatic heterocycles. The summed E-state index contributed by atoms with van der Waals surface area (Å²) in [6, 6.07) is 0.823. The summed E-state index contributed by atoms with van der Waals surface area (Å²) in [7, 11) is 1.90. The molecule has 0 aromatic heterocycles. The molecule has 1 saturated carbocycles. The summed E-state index contributed by atoms with van der Waals surface area (Å²) in [5, 5.41) is 3.42. The average molecular weight is 209 g/mol. The van der Waals surface area contributed by atoms with Crippen LogP contribution in [0.3, 0.4) is 0 Å². The van der Waals surface area contributed by atoms with Crippen LogP contribution in [0.2, 0.25) is 0 Å². The van der Waals surface area contributed by atoms with Crippen LogP contribution in [0.5, 0.6) is 0 Å². The lowest BCUT2D eigenvalue weighted by Crippen LogP contribution is -2.49. The third-order valence-electron chi connectivity index (χ3n) is 3.71. The van der Waals surface area contributed by atoms with Gasteiger partial charge in [0.2, 0.25) is 0 Å². The molecule has 0 aromatic carbocycles. The summed E-state index contributed by atoms with van der Waals surface area (Å²) in [5.41, 5.74) is 0. The van der Waals surface area contributed by atoms with Crippen LogP contribution in [-0.2, 0) is 0 Å². The van der Waals surface area contributed by atoms with Gasteiger partial charge in [0.05, 0.1) is 0 Å². The number of rotatable bonds is 2. The first kappa shape index (κ1) is 11.1. The van der Waals surface area contributed by atoms with Crippen LogP contribution in [0.1, 0.15) is 25.7 Å². The standard InChI is InChI=1S/C12H23N3/c1-13-10-11-3-2-4-12(9-11)15-7-5-14-6-8-15/h10-12,14H,2-9H2,1H3/t11?,12-/m1/s1. The molecule has 15 heavy (non-hydrogen) atoms. The minimum absolute atomic E-state index is 0.739. The molecule has 2 atom stereocenters. The third kappa shape index (κ3) is 3.02. The van der Waals surface area contributed by atoms with Crippen LogP contribution in [0, 0.1) is 5.92 Å². The summed E-state index contributed by atoms with van der Waals surface area (Å²) in [4.78, 5) is 6.86. The molecule has 1 N–H and O–H groups in total. The number of nitrogens with zero attached hydrogens (tertiary/aromatic N) is 2. The van der Waals surface area contributed by atoms with Gasteiger partial charge in [-0.15, -0.1) is 0 Å². The third-order valence-corrected chi connectivity index (χ3v) is 3.71. The second kappa shape index (κ2) is 5.61. The zero-order valence-electron chi connectivity index (χ0n) is 9.78. The Morgan fingerprint density at radius 2 is 2.07 bits per heavy atom. The van der Waals surface area contributed by atoms with Crippen LogP contribution in [0.25, 0.3) is 0 Å². The van der Waals surface area contributed by atoms with Crippen LogP contribution < -0.4 is 5.32 Å². The van der Waals surface area contributed by atoms with Gasteiger partial charge in [0.15, 0.2) is 0 Å². The first-order valence-electron chi connectivity index (χ1n) is 6.27. The van der Waals surface area contributed by atoms with Crippen LogP contribution >= 0.6 is 0 Å². The lowest BCUT2D eigenvalue weighted by Gasteiger charge is -2.38. The Balaban J connectivity index is 1.85. The number of aliphatic imine (C=N–C) groups is 1. The lowest BCUT2D eigenvalue weighted by molar-refractivity contribution is 0.129. The Morgan fingerprint density at radius 1 is 1.27 bits per heavy atom. The molecule has 86 valence electrons. The fourth-order valence-electron chi connectivity index (χ4n) is 2.93. The average Bonchev–Trinajstić information content (AvgIpc) is 2.31. The van der Waals surface area contributed by atoms with Gasteiger partial charge in [-0.05, 0) is 25.2 Å². The molecular formula is C12H23N3. The normalized spacial score (nSPS) is 34.7. The topological polar surface area (TPSA) is 27.6 Å². The van der Waals surface area contributed by atoms with Crippen molar-refractivity contribution in [1.29, 1.82) is 0 Å². The molecule has 2 fully saturated rings. The summed E-state index contributed by atoms with van der Waals surface area (Å²) in [6.45, 7) is 4.81. The van der Waals surface area contributed by atoms with Gasteiger partial charge >= 0.3 is 0 Å². The molecule has 1 aliphatic carbocycles. The Morgan fingerprint density at radius 3 is 2.80 bits per heavy atom. The van der Waals surface area contributed by atoms with E-state index in [0.717, 1.165) is 12.0 Å². The van der Waals surface area contributed by atoms with Gasteiger partial charge in [-0.1, -0.05) is 6.42 Å². The van der Waals surface area contributed by atoms with Gasteiger partial charge in [-0.3, -0.25) is 4.90 Å². The highest BCUT2D eigenvalue weighted by atomic mass is 15.2. The molecule has 1 saturated heterocycles. The number of hydrogen-bond donors (Lipinski definition) is 1. The van der Waals surface area contributed by atoms with Crippen molar-refractivity contribution >= 4 is 6.21 Å². The smallest absolute Gasteiger partial charge is 0.0273 e. The monoisotopic (exact) mass is 209 g/mol. The summed E-state index contributed by atoms with van der Waals surface area (Å²) >= 11 is 0. The second-order valence-electron chi connectivity index (χ2n) is 4.77. The van der Waals surface area contributed by atoms with E-state index in [9.17, 15) is 0 Å². The van der Waals surface area contributed by atoms with Crippen LogP contribution in [0.4, 0.5) is 0 Å². The Kier molecular flexibility index (Phi) is 4.15. The number of piperazine rings is 1. The maximum Gasteiger partial charge on any atom is 0.0273 e. The van der Waals surface area contributed by atoms with Gasteiger partial charge in [0, 0.05) is 45.5 Å². The number of nitrogens with one attached hydrogen (secondary N) is 1. The highest BCUT2D eigenvalue weighted by molar-refractivity contribution is 5.60. The van der Waals surface area contributed by atoms with E-state index in [4.69, 9.17) is 0 Å². The van der Waals surface area contributed by atoms with E-state index in [1.54, 1.807) is 0 Å². The summed E-state index contributed by atoms with van der Waals surface area (Å²) < 4.78 is 0. The van der Waals surface area contributed by atoms with E-state index in [1.165, 1.54) is 51.9 Å². The molecule has 0 radical (unpaired) electrons. The van der Waals surface area contributed by atoms with Crippen molar-refractivity contribution in [2.24, 2.45) is 10.9 Å². The van der Waals surface area contributed by atoms with E-state index >= 15 is 0 Å². The zero-order chi connectivity index (χ0) is 10.5. The lowest BCUT2D eigenvalue weighted by atomic mass is 9.85. The molecule has 2 aliphatic rings. The highest BCUT2D eigenvalue weighted by Gasteiger charge is 2.26. The van der Waals surface area contributed by atoms with Crippen LogP contribution in [-0.4, -0.2) is 50.4 Å². The molecule has 1 heterocycles. The van der Waals surface area contributed by atoms with E-state index < -0.39 is 0 Å². The predicted octanol–water partition coefficient (Wildman–Crippen LogP) is 1.15. The van der Waals surface area contributed by atoms with Crippen molar-refractivity contribution in [2.45, 2.75) is 31.7 Å². The Labute approximate surface area is 92.9 Å². The molecule has 2 rings (SSSR count). The quantitative estimate of drug-likeness (QED) is 0.691. The van der Waals surface area contributed by atoms with Crippen molar-refractivity contribution in [1.82, 2.24) is 10.2 Å². The molecule has 3 heteroatoms. The van der Waals surface area contributed by atoms with Crippen molar-refractivity contribution < 1.29 is 0 Å².